The second kappa shape index (κ2) is 8.79. The summed E-state index contributed by atoms with van der Waals surface area (Å²) in [7, 11) is 0. The fraction of sp³-hybridized carbons (Fsp3) is 1.00. The van der Waals surface area contributed by atoms with E-state index < -0.39 is 67.6 Å². The summed E-state index contributed by atoms with van der Waals surface area (Å²) in [5.41, 5.74) is 23.1. The predicted molar refractivity (Wildman–Crippen MR) is 83.1 cm³/mol. The molecule has 0 aromatic carbocycles. The number of nitrogens with two attached hydrogens (primary N) is 1. The number of nitrogens with zero attached hydrogens (tertiary/aromatic N) is 6. The minimum absolute atomic E-state index is 0.000461. The van der Waals surface area contributed by atoms with Crippen molar-refractivity contribution in [2.45, 2.75) is 67.5 Å². The molecule has 7 N–H and O–H groups in total. The van der Waals surface area contributed by atoms with Crippen LogP contribution in [0.1, 0.15) is 6.42 Å². The van der Waals surface area contributed by atoms with Crippen LogP contribution < -0.4 is 5.73 Å². The Morgan fingerprint density at radius 2 is 1.69 bits per heavy atom. The van der Waals surface area contributed by atoms with E-state index in [1.165, 1.54) is 0 Å². The standard InChI is InChI=1S/C12H21N7O7/c13-3-1-4(16-18-14)7(21)10(24)11(3)26-12-6(17-19-15)9(23)8(22)5(2-20)25-12/h3-12,20-24H,1-2,13H2/t3?,4-,5?,6?,7?,8-,9-,10-,11-,12-/m1/s1. The summed E-state index contributed by atoms with van der Waals surface area (Å²) >= 11 is 0. The number of aliphatic hydroxyl groups excluding tert-OH is 5. The SMILES string of the molecule is [N-]=[N+]=NC1[C@@H](O[C@@H]2C(N)C[C@@H](N=[N+]=[N-])C(O)[C@H]2O)OC(CO)[C@@H](O)[C@@H]1O. The molecule has 1 heterocycles. The van der Waals surface area contributed by atoms with Crippen molar-refractivity contribution in [1.29, 1.82) is 0 Å². The van der Waals surface area contributed by atoms with Gasteiger partial charge in [-0.3, -0.25) is 0 Å². The lowest BCUT2D eigenvalue weighted by Gasteiger charge is -2.45. The third kappa shape index (κ3) is 4.00. The molecule has 0 aromatic heterocycles. The molecule has 0 aromatic rings. The molecule has 1 aliphatic heterocycles. The minimum atomic E-state index is -1.60. The molecular weight excluding hydrogens is 354 g/mol. The Morgan fingerprint density at radius 3 is 2.27 bits per heavy atom. The molecular formula is C12H21N7O7. The first kappa shape index (κ1) is 20.6. The van der Waals surface area contributed by atoms with Crippen molar-refractivity contribution in [1.82, 2.24) is 0 Å². The monoisotopic (exact) mass is 375 g/mol. The summed E-state index contributed by atoms with van der Waals surface area (Å²) in [5, 5.41) is 56.2. The fourth-order valence-electron chi connectivity index (χ4n) is 3.11. The molecule has 14 nitrogen and oxygen atoms in total. The van der Waals surface area contributed by atoms with Crippen molar-refractivity contribution in [2.75, 3.05) is 6.61 Å². The lowest BCUT2D eigenvalue weighted by Crippen LogP contribution is -2.64. The van der Waals surface area contributed by atoms with Gasteiger partial charge in [0.15, 0.2) is 6.29 Å². The van der Waals surface area contributed by atoms with Gasteiger partial charge in [-0.05, 0) is 17.5 Å². The quantitative estimate of drug-likeness (QED) is 0.172. The van der Waals surface area contributed by atoms with Crippen molar-refractivity contribution in [3.05, 3.63) is 20.9 Å². The van der Waals surface area contributed by atoms with Crippen LogP contribution in [0.5, 0.6) is 0 Å². The second-order valence-electron chi connectivity index (χ2n) is 6.16. The molecule has 0 radical (unpaired) electrons. The summed E-state index contributed by atoms with van der Waals surface area (Å²) < 4.78 is 10.8. The van der Waals surface area contributed by atoms with E-state index in [9.17, 15) is 25.5 Å². The maximum atomic E-state index is 10.2. The van der Waals surface area contributed by atoms with Crippen molar-refractivity contribution in [2.24, 2.45) is 16.0 Å². The Labute approximate surface area is 147 Å². The highest BCUT2D eigenvalue weighted by Gasteiger charge is 2.49. The Balaban J connectivity index is 2.20. The maximum Gasteiger partial charge on any atom is 0.169 e. The van der Waals surface area contributed by atoms with Gasteiger partial charge in [-0.1, -0.05) is 10.2 Å². The second-order valence-corrected chi connectivity index (χ2v) is 6.16. The van der Waals surface area contributed by atoms with Crippen LogP contribution in [0.2, 0.25) is 0 Å². The molecule has 2 fully saturated rings. The fourth-order valence-corrected chi connectivity index (χ4v) is 3.11. The maximum absolute atomic E-state index is 10.2. The first-order valence-electron chi connectivity index (χ1n) is 7.83. The first-order chi connectivity index (χ1) is 12.3. The molecule has 2 rings (SSSR count). The third-order valence-corrected chi connectivity index (χ3v) is 4.54. The minimum Gasteiger partial charge on any atom is -0.394 e. The molecule has 1 saturated carbocycles. The van der Waals surface area contributed by atoms with E-state index in [0.29, 0.717) is 0 Å². The molecule has 0 amide bonds. The van der Waals surface area contributed by atoms with Crippen molar-refractivity contribution >= 4 is 0 Å². The van der Waals surface area contributed by atoms with Gasteiger partial charge in [-0.2, -0.15) is 0 Å². The van der Waals surface area contributed by atoms with Crippen LogP contribution in [0.15, 0.2) is 10.2 Å². The summed E-state index contributed by atoms with van der Waals surface area (Å²) in [6.07, 6.45) is -10.0. The molecule has 1 aliphatic carbocycles. The van der Waals surface area contributed by atoms with E-state index in [1.807, 2.05) is 0 Å². The van der Waals surface area contributed by atoms with E-state index in [2.05, 4.69) is 20.1 Å². The van der Waals surface area contributed by atoms with Gasteiger partial charge in [0, 0.05) is 15.9 Å². The molecule has 26 heavy (non-hydrogen) atoms. The summed E-state index contributed by atoms with van der Waals surface area (Å²) in [6, 6.07) is -3.22. The van der Waals surface area contributed by atoms with Crippen molar-refractivity contribution in [3.63, 3.8) is 0 Å². The molecule has 0 bridgehead atoms. The number of ether oxygens (including phenoxy) is 2. The number of rotatable bonds is 5. The van der Waals surface area contributed by atoms with Crippen LogP contribution in [-0.4, -0.2) is 93.2 Å². The van der Waals surface area contributed by atoms with E-state index in [1.54, 1.807) is 0 Å². The highest BCUT2D eigenvalue weighted by Crippen LogP contribution is 2.30. The Morgan fingerprint density at radius 1 is 1.04 bits per heavy atom. The number of aliphatic hydroxyl groups is 5. The van der Waals surface area contributed by atoms with Gasteiger partial charge in [-0.25, -0.2) is 0 Å². The largest absolute Gasteiger partial charge is 0.394 e. The summed E-state index contributed by atoms with van der Waals surface area (Å²) in [6.45, 7) is -0.651. The van der Waals surface area contributed by atoms with Gasteiger partial charge in [0.1, 0.15) is 30.5 Å². The average Bonchev–Trinajstić information content (AvgIpc) is 2.62. The van der Waals surface area contributed by atoms with Gasteiger partial charge < -0.3 is 40.7 Å². The average molecular weight is 375 g/mol. The molecule has 10 atom stereocenters. The van der Waals surface area contributed by atoms with Crippen LogP contribution >= 0.6 is 0 Å². The highest BCUT2D eigenvalue weighted by molar-refractivity contribution is 5.01. The molecule has 1 saturated heterocycles. The Kier molecular flexibility index (Phi) is 6.97. The van der Waals surface area contributed by atoms with Crippen LogP contribution in [0.4, 0.5) is 0 Å². The van der Waals surface area contributed by atoms with E-state index in [0.717, 1.165) is 0 Å². The normalized spacial score (nSPS) is 46.1. The van der Waals surface area contributed by atoms with Crippen LogP contribution in [0, 0.1) is 0 Å². The number of azide groups is 2. The lowest BCUT2D eigenvalue weighted by atomic mass is 9.84. The Bertz CT molecular complexity index is 584. The van der Waals surface area contributed by atoms with Gasteiger partial charge in [0.25, 0.3) is 0 Å². The van der Waals surface area contributed by atoms with Gasteiger partial charge >= 0.3 is 0 Å². The predicted octanol–water partition coefficient (Wildman–Crippen LogP) is -2.38. The van der Waals surface area contributed by atoms with Gasteiger partial charge in [0.2, 0.25) is 0 Å². The van der Waals surface area contributed by atoms with Crippen molar-refractivity contribution in [3.8, 4) is 0 Å². The first-order valence-corrected chi connectivity index (χ1v) is 7.83. The molecule has 0 spiro atoms. The Hall–Kier alpha value is -1.70. The molecule has 146 valence electrons. The van der Waals surface area contributed by atoms with Gasteiger partial charge in [0.05, 0.1) is 24.9 Å². The third-order valence-electron chi connectivity index (χ3n) is 4.54. The smallest absolute Gasteiger partial charge is 0.169 e. The van der Waals surface area contributed by atoms with Crippen LogP contribution in [0.3, 0.4) is 0 Å². The van der Waals surface area contributed by atoms with Crippen LogP contribution in [0.25, 0.3) is 20.9 Å². The van der Waals surface area contributed by atoms with E-state index in [-0.39, 0.29) is 6.42 Å². The topological polar surface area (TPSA) is 243 Å². The number of hydrogen-bond donors (Lipinski definition) is 6. The summed E-state index contributed by atoms with van der Waals surface area (Å²) in [4.78, 5) is 5.14. The summed E-state index contributed by atoms with van der Waals surface area (Å²) in [5.74, 6) is 0. The zero-order chi connectivity index (χ0) is 19.4. The molecule has 2 aliphatic rings. The van der Waals surface area contributed by atoms with Crippen LogP contribution in [-0.2, 0) is 9.47 Å². The number of hydrogen-bond acceptors (Lipinski definition) is 10. The molecule has 4 unspecified atom stereocenters. The highest BCUT2D eigenvalue weighted by atomic mass is 16.7. The van der Waals surface area contributed by atoms with Gasteiger partial charge in [-0.15, -0.1) is 0 Å². The zero-order valence-electron chi connectivity index (χ0n) is 13.5. The zero-order valence-corrected chi connectivity index (χ0v) is 13.5. The lowest BCUT2D eigenvalue weighted by molar-refractivity contribution is -0.293. The molecule has 14 heteroatoms. The van der Waals surface area contributed by atoms with E-state index >= 15 is 0 Å². The van der Waals surface area contributed by atoms with Crippen molar-refractivity contribution < 1.29 is 35.0 Å². The van der Waals surface area contributed by atoms with E-state index in [4.69, 9.17) is 26.3 Å².